The maximum atomic E-state index is 10.9. The van der Waals surface area contributed by atoms with Crippen LogP contribution in [-0.4, -0.2) is 30.3 Å². The number of hydrogen-bond donors (Lipinski definition) is 1. The van der Waals surface area contributed by atoms with E-state index in [1.807, 2.05) is 23.1 Å². The van der Waals surface area contributed by atoms with Gasteiger partial charge in [-0.3, -0.25) is 4.79 Å². The first-order valence-corrected chi connectivity index (χ1v) is 6.40. The highest BCUT2D eigenvalue weighted by molar-refractivity contribution is 5.76. The number of hydrogen-bond acceptors (Lipinski definition) is 3. The van der Waals surface area contributed by atoms with E-state index in [4.69, 9.17) is 9.84 Å². The zero-order chi connectivity index (χ0) is 13.1. The minimum Gasteiger partial charge on any atom is -0.486 e. The molecule has 0 bridgehead atoms. The van der Waals surface area contributed by atoms with E-state index >= 15 is 0 Å². The van der Waals surface area contributed by atoms with Crippen LogP contribution in [0.3, 0.4) is 0 Å². The standard InChI is InChI=1S/C14H19NO3/c1-3-10-5-6-13-12(7-10)15(9-14(16)17)8-11(4-2)18-13/h5-7,11H,3-4,8-9H2,1-2H3,(H,16,17). The van der Waals surface area contributed by atoms with Gasteiger partial charge in [0.1, 0.15) is 18.4 Å². The first-order valence-electron chi connectivity index (χ1n) is 6.40. The van der Waals surface area contributed by atoms with E-state index in [0.29, 0.717) is 6.54 Å². The number of anilines is 1. The Morgan fingerprint density at radius 1 is 1.50 bits per heavy atom. The van der Waals surface area contributed by atoms with Crippen molar-refractivity contribution < 1.29 is 14.6 Å². The van der Waals surface area contributed by atoms with Crippen LogP contribution >= 0.6 is 0 Å². The second kappa shape index (κ2) is 5.29. The van der Waals surface area contributed by atoms with E-state index in [9.17, 15) is 4.79 Å². The van der Waals surface area contributed by atoms with Gasteiger partial charge in [-0.05, 0) is 30.5 Å². The van der Waals surface area contributed by atoms with Gasteiger partial charge in [0, 0.05) is 0 Å². The molecule has 0 fully saturated rings. The Labute approximate surface area is 107 Å². The quantitative estimate of drug-likeness (QED) is 0.889. The molecule has 0 radical (unpaired) electrons. The molecule has 1 heterocycles. The SMILES string of the molecule is CCc1ccc2c(c1)N(CC(=O)O)CC(CC)O2. The third-order valence-electron chi connectivity index (χ3n) is 3.27. The van der Waals surface area contributed by atoms with Gasteiger partial charge in [0.25, 0.3) is 0 Å². The van der Waals surface area contributed by atoms with Gasteiger partial charge in [0.05, 0.1) is 12.2 Å². The van der Waals surface area contributed by atoms with Crippen molar-refractivity contribution >= 4 is 11.7 Å². The summed E-state index contributed by atoms with van der Waals surface area (Å²) in [7, 11) is 0. The van der Waals surface area contributed by atoms with Gasteiger partial charge >= 0.3 is 5.97 Å². The lowest BCUT2D eigenvalue weighted by atomic mass is 10.1. The lowest BCUT2D eigenvalue weighted by Gasteiger charge is -2.35. The van der Waals surface area contributed by atoms with Gasteiger partial charge in [-0.1, -0.05) is 19.9 Å². The molecule has 1 N–H and O–H groups in total. The molecular weight excluding hydrogens is 230 g/mol. The predicted molar refractivity (Wildman–Crippen MR) is 70.4 cm³/mol. The van der Waals surface area contributed by atoms with Crippen LogP contribution in [0.5, 0.6) is 5.75 Å². The average molecular weight is 249 g/mol. The van der Waals surface area contributed by atoms with E-state index in [2.05, 4.69) is 13.8 Å². The highest BCUT2D eigenvalue weighted by Gasteiger charge is 2.26. The number of carboxylic acid groups (broad SMARTS) is 1. The Bertz CT molecular complexity index is 445. The topological polar surface area (TPSA) is 49.8 Å². The van der Waals surface area contributed by atoms with Crippen LogP contribution in [0.25, 0.3) is 0 Å². The van der Waals surface area contributed by atoms with Crippen molar-refractivity contribution in [2.45, 2.75) is 32.8 Å². The first-order chi connectivity index (χ1) is 8.63. The number of aliphatic carboxylic acids is 1. The third-order valence-corrected chi connectivity index (χ3v) is 3.27. The molecule has 1 unspecified atom stereocenters. The van der Waals surface area contributed by atoms with Crippen LogP contribution in [0.2, 0.25) is 0 Å². The molecule has 1 aromatic carbocycles. The molecular formula is C14H19NO3. The van der Waals surface area contributed by atoms with E-state index in [1.165, 1.54) is 5.56 Å². The Kier molecular flexibility index (Phi) is 3.75. The second-order valence-corrected chi connectivity index (χ2v) is 4.58. The van der Waals surface area contributed by atoms with Crippen molar-refractivity contribution in [3.05, 3.63) is 23.8 Å². The molecule has 0 saturated heterocycles. The third kappa shape index (κ3) is 2.58. The average Bonchev–Trinajstić information content (AvgIpc) is 2.37. The Balaban J connectivity index is 2.33. The molecule has 18 heavy (non-hydrogen) atoms. The number of benzene rings is 1. The van der Waals surface area contributed by atoms with E-state index in [-0.39, 0.29) is 12.6 Å². The normalized spacial score (nSPS) is 18.1. The molecule has 0 spiro atoms. The van der Waals surface area contributed by atoms with Crippen molar-refractivity contribution in [2.24, 2.45) is 0 Å². The summed E-state index contributed by atoms with van der Waals surface area (Å²) in [6, 6.07) is 6.02. The first kappa shape index (κ1) is 12.7. The summed E-state index contributed by atoms with van der Waals surface area (Å²) < 4.78 is 5.86. The van der Waals surface area contributed by atoms with Gasteiger partial charge in [-0.25, -0.2) is 0 Å². The summed E-state index contributed by atoms with van der Waals surface area (Å²) in [6.45, 7) is 4.81. The minimum atomic E-state index is -0.806. The number of nitrogens with zero attached hydrogens (tertiary/aromatic N) is 1. The largest absolute Gasteiger partial charge is 0.486 e. The van der Waals surface area contributed by atoms with E-state index in [1.54, 1.807) is 0 Å². The number of carbonyl (C=O) groups is 1. The molecule has 1 atom stereocenters. The minimum absolute atomic E-state index is 0.0278. The van der Waals surface area contributed by atoms with Gasteiger partial charge in [-0.15, -0.1) is 0 Å². The summed E-state index contributed by atoms with van der Waals surface area (Å²) in [5, 5.41) is 8.99. The van der Waals surface area contributed by atoms with Crippen LogP contribution in [0.4, 0.5) is 5.69 Å². The Morgan fingerprint density at radius 2 is 2.28 bits per heavy atom. The van der Waals surface area contributed by atoms with Crippen LogP contribution in [0.1, 0.15) is 25.8 Å². The molecule has 1 aliphatic rings. The van der Waals surface area contributed by atoms with Gasteiger partial charge in [-0.2, -0.15) is 0 Å². The van der Waals surface area contributed by atoms with Crippen LogP contribution in [0, 0.1) is 0 Å². The molecule has 0 amide bonds. The molecule has 98 valence electrons. The smallest absolute Gasteiger partial charge is 0.323 e. The van der Waals surface area contributed by atoms with E-state index in [0.717, 1.165) is 24.3 Å². The number of carboxylic acids is 1. The fourth-order valence-corrected chi connectivity index (χ4v) is 2.22. The molecule has 2 rings (SSSR count). The summed E-state index contributed by atoms with van der Waals surface area (Å²) in [6.07, 6.45) is 1.89. The van der Waals surface area contributed by atoms with Crippen molar-refractivity contribution in [3.8, 4) is 5.75 Å². The van der Waals surface area contributed by atoms with Crippen LogP contribution in [0.15, 0.2) is 18.2 Å². The summed E-state index contributed by atoms with van der Waals surface area (Å²) in [5.41, 5.74) is 2.10. The van der Waals surface area contributed by atoms with Gasteiger partial charge in [0.2, 0.25) is 0 Å². The lowest BCUT2D eigenvalue weighted by Crippen LogP contribution is -2.42. The van der Waals surface area contributed by atoms with Gasteiger partial charge < -0.3 is 14.7 Å². The fraction of sp³-hybridized carbons (Fsp3) is 0.500. The van der Waals surface area contributed by atoms with Crippen molar-refractivity contribution in [1.82, 2.24) is 0 Å². The lowest BCUT2D eigenvalue weighted by molar-refractivity contribution is -0.135. The summed E-state index contributed by atoms with van der Waals surface area (Å²) >= 11 is 0. The molecule has 4 nitrogen and oxygen atoms in total. The number of aryl methyl sites for hydroxylation is 1. The fourth-order valence-electron chi connectivity index (χ4n) is 2.22. The Morgan fingerprint density at radius 3 is 2.89 bits per heavy atom. The Hall–Kier alpha value is -1.71. The second-order valence-electron chi connectivity index (χ2n) is 4.58. The van der Waals surface area contributed by atoms with E-state index < -0.39 is 5.97 Å². The zero-order valence-electron chi connectivity index (χ0n) is 10.8. The summed E-state index contributed by atoms with van der Waals surface area (Å²) in [5.74, 6) is -0.00819. The van der Waals surface area contributed by atoms with Crippen LogP contribution < -0.4 is 9.64 Å². The predicted octanol–water partition coefficient (Wildman–Crippen LogP) is 2.31. The van der Waals surface area contributed by atoms with Gasteiger partial charge in [0.15, 0.2) is 0 Å². The molecule has 0 aliphatic carbocycles. The number of rotatable bonds is 4. The van der Waals surface area contributed by atoms with Crippen molar-refractivity contribution in [3.63, 3.8) is 0 Å². The van der Waals surface area contributed by atoms with Crippen molar-refractivity contribution in [1.29, 1.82) is 0 Å². The number of fused-ring (bicyclic) bond motifs is 1. The highest BCUT2D eigenvalue weighted by atomic mass is 16.5. The zero-order valence-corrected chi connectivity index (χ0v) is 10.8. The molecule has 4 heteroatoms. The number of ether oxygens (including phenoxy) is 1. The molecule has 1 aromatic rings. The summed E-state index contributed by atoms with van der Waals surface area (Å²) in [4.78, 5) is 12.8. The molecule has 1 aliphatic heterocycles. The molecule has 0 saturated carbocycles. The van der Waals surface area contributed by atoms with Crippen molar-refractivity contribution in [2.75, 3.05) is 18.0 Å². The molecule has 0 aromatic heterocycles. The monoisotopic (exact) mass is 249 g/mol. The van der Waals surface area contributed by atoms with Crippen LogP contribution in [-0.2, 0) is 11.2 Å². The maximum Gasteiger partial charge on any atom is 0.323 e. The highest BCUT2D eigenvalue weighted by Crippen LogP contribution is 2.34. The maximum absolute atomic E-state index is 10.9.